The van der Waals surface area contributed by atoms with E-state index in [1.165, 1.54) is 12.1 Å². The Kier molecular flexibility index (Phi) is 4.17. The van der Waals surface area contributed by atoms with Crippen molar-refractivity contribution in [2.75, 3.05) is 5.32 Å². The van der Waals surface area contributed by atoms with Gasteiger partial charge >= 0.3 is 0 Å². The summed E-state index contributed by atoms with van der Waals surface area (Å²) in [6, 6.07) is 6.04. The van der Waals surface area contributed by atoms with E-state index in [2.05, 4.69) is 10.3 Å². The highest BCUT2D eigenvalue weighted by Crippen LogP contribution is 2.21. The fourth-order valence-electron chi connectivity index (χ4n) is 2.88. The Labute approximate surface area is 134 Å². The number of nitrogens with one attached hydrogen (secondary N) is 1. The summed E-state index contributed by atoms with van der Waals surface area (Å²) in [4.78, 5) is 16.9. The van der Waals surface area contributed by atoms with Gasteiger partial charge in [-0.25, -0.2) is 9.37 Å². The second kappa shape index (κ2) is 6.12. The largest absolute Gasteiger partial charge is 0.317 e. The maximum Gasteiger partial charge on any atom is 0.245 e. The van der Waals surface area contributed by atoms with E-state index in [0.717, 1.165) is 37.2 Å². The smallest absolute Gasteiger partial charge is 0.245 e. The summed E-state index contributed by atoms with van der Waals surface area (Å²) in [5.41, 5.74) is 5.92. The summed E-state index contributed by atoms with van der Waals surface area (Å²) < 4.78 is 15.0. The quantitative estimate of drug-likeness (QED) is 0.908. The molecule has 23 heavy (non-hydrogen) atoms. The van der Waals surface area contributed by atoms with E-state index in [1.807, 2.05) is 4.57 Å². The number of aromatic nitrogens is 2. The molecule has 1 aromatic heterocycles. The molecule has 5 nitrogen and oxygen atoms in total. The van der Waals surface area contributed by atoms with Gasteiger partial charge in [0.2, 0.25) is 5.91 Å². The molecule has 1 aliphatic rings. The number of hydrogen-bond donors (Lipinski definition) is 2. The van der Waals surface area contributed by atoms with Crippen LogP contribution in [0, 0.1) is 5.82 Å². The van der Waals surface area contributed by atoms with Crippen LogP contribution in [0.2, 0.25) is 0 Å². The van der Waals surface area contributed by atoms with E-state index in [-0.39, 0.29) is 11.7 Å². The Morgan fingerprint density at radius 1 is 1.39 bits per heavy atom. The molecule has 3 N–H and O–H groups in total. The number of nitrogens with two attached hydrogens (primary N) is 1. The molecule has 1 unspecified atom stereocenters. The second-order valence-corrected chi connectivity index (χ2v) is 6.34. The zero-order chi connectivity index (χ0) is 16.4. The lowest BCUT2D eigenvalue weighted by atomic mass is 9.93. The van der Waals surface area contributed by atoms with Crippen molar-refractivity contribution in [1.29, 1.82) is 0 Å². The van der Waals surface area contributed by atoms with Crippen molar-refractivity contribution in [1.82, 2.24) is 9.55 Å². The minimum atomic E-state index is -1.09. The summed E-state index contributed by atoms with van der Waals surface area (Å²) in [7, 11) is 0. The molecule has 3 rings (SSSR count). The van der Waals surface area contributed by atoms with E-state index in [4.69, 9.17) is 5.73 Å². The summed E-state index contributed by atoms with van der Waals surface area (Å²) in [6.45, 7) is 2.55. The number of rotatable bonds is 4. The SMILES string of the molecule is CC(N)(Cc1ccc(F)cc1)C(=O)Nc1cnc2n1CCCC2. The molecule has 0 spiro atoms. The molecule has 1 amide bonds. The van der Waals surface area contributed by atoms with Gasteiger partial charge in [-0.2, -0.15) is 0 Å². The molecule has 0 saturated heterocycles. The van der Waals surface area contributed by atoms with E-state index in [0.29, 0.717) is 12.2 Å². The molecular formula is C17H21FN4O. The summed E-state index contributed by atoms with van der Waals surface area (Å²) in [5.74, 6) is 1.13. The number of benzene rings is 1. The standard InChI is InChI=1S/C17H21FN4O/c1-17(19,10-12-5-7-13(18)8-6-12)16(23)21-15-11-20-14-4-2-3-9-22(14)15/h5-8,11H,2-4,9-10,19H2,1H3,(H,21,23). The third-order valence-corrected chi connectivity index (χ3v) is 4.22. The van der Waals surface area contributed by atoms with Gasteiger partial charge in [0, 0.05) is 13.0 Å². The molecule has 6 heteroatoms. The van der Waals surface area contributed by atoms with Crippen molar-refractivity contribution in [2.24, 2.45) is 5.73 Å². The van der Waals surface area contributed by atoms with Gasteiger partial charge in [-0.1, -0.05) is 12.1 Å². The molecule has 1 atom stereocenters. The molecule has 0 radical (unpaired) electrons. The van der Waals surface area contributed by atoms with Gasteiger partial charge in [0.25, 0.3) is 0 Å². The van der Waals surface area contributed by atoms with Crippen LogP contribution in [0.1, 0.15) is 31.2 Å². The molecular weight excluding hydrogens is 295 g/mol. The second-order valence-electron chi connectivity index (χ2n) is 6.34. The maximum atomic E-state index is 13.0. The van der Waals surface area contributed by atoms with Crippen LogP contribution in [0.5, 0.6) is 0 Å². The molecule has 2 aromatic rings. The number of fused-ring (bicyclic) bond motifs is 1. The third kappa shape index (κ3) is 3.42. The lowest BCUT2D eigenvalue weighted by Crippen LogP contribution is -2.50. The number of anilines is 1. The Hall–Kier alpha value is -2.21. The highest BCUT2D eigenvalue weighted by atomic mass is 19.1. The molecule has 122 valence electrons. The number of halogens is 1. The van der Waals surface area contributed by atoms with Crippen LogP contribution in [-0.2, 0) is 24.2 Å². The maximum absolute atomic E-state index is 13.0. The molecule has 0 fully saturated rings. The Balaban J connectivity index is 1.71. The van der Waals surface area contributed by atoms with Crippen LogP contribution in [0.4, 0.5) is 10.2 Å². The number of carbonyl (C=O) groups is 1. The highest BCUT2D eigenvalue weighted by Gasteiger charge is 2.30. The average molecular weight is 316 g/mol. The lowest BCUT2D eigenvalue weighted by Gasteiger charge is -2.24. The normalized spacial score (nSPS) is 16.5. The van der Waals surface area contributed by atoms with Crippen LogP contribution in [0.15, 0.2) is 30.5 Å². The fraction of sp³-hybridized carbons (Fsp3) is 0.412. The number of amides is 1. The highest BCUT2D eigenvalue weighted by molar-refractivity contribution is 5.97. The van der Waals surface area contributed by atoms with Crippen molar-refractivity contribution in [3.05, 3.63) is 47.7 Å². The molecule has 0 saturated carbocycles. The van der Waals surface area contributed by atoms with Crippen molar-refractivity contribution in [3.63, 3.8) is 0 Å². The van der Waals surface area contributed by atoms with Crippen LogP contribution in [-0.4, -0.2) is 21.0 Å². The summed E-state index contributed by atoms with van der Waals surface area (Å²) in [5, 5.41) is 2.88. The Morgan fingerprint density at radius 2 is 2.13 bits per heavy atom. The van der Waals surface area contributed by atoms with Gasteiger partial charge in [0.05, 0.1) is 11.7 Å². The molecule has 0 bridgehead atoms. The predicted molar refractivity (Wildman–Crippen MR) is 86.5 cm³/mol. The predicted octanol–water partition coefficient (Wildman–Crippen LogP) is 2.26. The number of aryl methyl sites for hydroxylation is 1. The van der Waals surface area contributed by atoms with Crippen LogP contribution >= 0.6 is 0 Å². The van der Waals surface area contributed by atoms with Crippen molar-refractivity contribution < 1.29 is 9.18 Å². The average Bonchev–Trinajstić information content (AvgIpc) is 2.93. The minimum absolute atomic E-state index is 0.268. The van der Waals surface area contributed by atoms with Crippen molar-refractivity contribution in [3.8, 4) is 0 Å². The van der Waals surface area contributed by atoms with Gasteiger partial charge in [-0.3, -0.25) is 4.79 Å². The van der Waals surface area contributed by atoms with Gasteiger partial charge in [-0.15, -0.1) is 0 Å². The Morgan fingerprint density at radius 3 is 2.87 bits per heavy atom. The van der Waals surface area contributed by atoms with Gasteiger partial charge in [-0.05, 0) is 43.9 Å². The van der Waals surface area contributed by atoms with Gasteiger partial charge in [0.1, 0.15) is 17.5 Å². The number of imidazole rings is 1. The lowest BCUT2D eigenvalue weighted by molar-refractivity contribution is -0.120. The van der Waals surface area contributed by atoms with Gasteiger partial charge in [0.15, 0.2) is 0 Å². The number of carbonyl (C=O) groups excluding carboxylic acids is 1. The molecule has 0 aliphatic carbocycles. The fourth-order valence-corrected chi connectivity index (χ4v) is 2.88. The Bertz CT molecular complexity index is 706. The first kappa shape index (κ1) is 15.7. The third-order valence-electron chi connectivity index (χ3n) is 4.22. The first-order valence-electron chi connectivity index (χ1n) is 7.85. The monoisotopic (exact) mass is 316 g/mol. The summed E-state index contributed by atoms with van der Waals surface area (Å²) >= 11 is 0. The topological polar surface area (TPSA) is 72.9 Å². The number of hydrogen-bond acceptors (Lipinski definition) is 3. The summed E-state index contributed by atoms with van der Waals surface area (Å²) in [6.07, 6.45) is 5.17. The molecule has 1 aliphatic heterocycles. The van der Waals surface area contributed by atoms with Crippen LogP contribution in [0.25, 0.3) is 0 Å². The zero-order valence-corrected chi connectivity index (χ0v) is 13.2. The van der Waals surface area contributed by atoms with E-state index in [9.17, 15) is 9.18 Å². The van der Waals surface area contributed by atoms with Crippen molar-refractivity contribution >= 4 is 11.7 Å². The zero-order valence-electron chi connectivity index (χ0n) is 13.2. The van der Waals surface area contributed by atoms with Crippen molar-refractivity contribution in [2.45, 2.75) is 44.7 Å². The van der Waals surface area contributed by atoms with E-state index in [1.54, 1.807) is 25.3 Å². The van der Waals surface area contributed by atoms with Gasteiger partial charge < -0.3 is 15.6 Å². The van der Waals surface area contributed by atoms with E-state index >= 15 is 0 Å². The van der Waals surface area contributed by atoms with Crippen LogP contribution < -0.4 is 11.1 Å². The van der Waals surface area contributed by atoms with Crippen LogP contribution in [0.3, 0.4) is 0 Å². The van der Waals surface area contributed by atoms with E-state index < -0.39 is 5.54 Å². The molecule has 2 heterocycles. The molecule has 1 aromatic carbocycles. The number of nitrogens with zero attached hydrogens (tertiary/aromatic N) is 2. The first-order valence-corrected chi connectivity index (χ1v) is 7.85. The minimum Gasteiger partial charge on any atom is -0.317 e. The first-order chi connectivity index (χ1) is 11.0.